The van der Waals surface area contributed by atoms with E-state index in [2.05, 4.69) is 15.6 Å². The lowest BCUT2D eigenvalue weighted by molar-refractivity contribution is -0.385. The fraction of sp³-hybridized carbons (Fsp3) is 0.500. The van der Waals surface area contributed by atoms with E-state index in [1.165, 1.54) is 25.3 Å². The quantitative estimate of drug-likeness (QED) is 0.547. The Balaban J connectivity index is 1.60. The van der Waals surface area contributed by atoms with E-state index in [1.54, 1.807) is 13.0 Å². The van der Waals surface area contributed by atoms with E-state index in [4.69, 9.17) is 4.98 Å². The first kappa shape index (κ1) is 17.7. The smallest absolute Gasteiger partial charge is 0.274 e. The van der Waals surface area contributed by atoms with Crippen LogP contribution in [0.5, 0.6) is 0 Å². The van der Waals surface area contributed by atoms with Crippen LogP contribution in [-0.2, 0) is 0 Å². The van der Waals surface area contributed by atoms with Gasteiger partial charge >= 0.3 is 0 Å². The van der Waals surface area contributed by atoms with Crippen molar-refractivity contribution in [1.29, 1.82) is 0 Å². The first-order chi connectivity index (χ1) is 13.1. The van der Waals surface area contributed by atoms with Crippen molar-refractivity contribution in [1.82, 2.24) is 9.97 Å². The summed E-state index contributed by atoms with van der Waals surface area (Å²) in [5, 5.41) is 18.0. The Labute approximate surface area is 158 Å². The highest BCUT2D eigenvalue weighted by Crippen LogP contribution is 2.40. The summed E-state index contributed by atoms with van der Waals surface area (Å²) >= 11 is 0. The molecule has 2 aliphatic carbocycles. The molecule has 2 saturated carbocycles. The second-order valence-corrected chi connectivity index (χ2v) is 7.59. The van der Waals surface area contributed by atoms with Gasteiger partial charge in [0.1, 0.15) is 5.82 Å². The molecule has 2 aliphatic rings. The van der Waals surface area contributed by atoms with Crippen LogP contribution in [0.2, 0.25) is 0 Å². The van der Waals surface area contributed by atoms with E-state index in [-0.39, 0.29) is 10.6 Å². The van der Waals surface area contributed by atoms with Crippen molar-refractivity contribution >= 4 is 23.1 Å². The summed E-state index contributed by atoms with van der Waals surface area (Å²) < 4.78 is 0. The summed E-state index contributed by atoms with van der Waals surface area (Å²) in [6, 6.07) is 7.46. The van der Waals surface area contributed by atoms with Crippen molar-refractivity contribution < 1.29 is 4.92 Å². The molecule has 0 saturated heterocycles. The van der Waals surface area contributed by atoms with Crippen LogP contribution in [-0.4, -0.2) is 20.9 Å². The Kier molecular flexibility index (Phi) is 4.92. The van der Waals surface area contributed by atoms with Crippen molar-refractivity contribution in [3.05, 3.63) is 45.6 Å². The largest absolute Gasteiger partial charge is 0.351 e. The SMILES string of the molecule is Cc1c(Nc2cc(C3CC3)nc(NC3CCCCC3)n2)cccc1[N+](=O)[O-]. The van der Waals surface area contributed by atoms with Crippen LogP contribution in [0.15, 0.2) is 24.3 Å². The van der Waals surface area contributed by atoms with Gasteiger partial charge in [0.2, 0.25) is 5.95 Å². The molecule has 1 heterocycles. The Hall–Kier alpha value is -2.70. The zero-order valence-corrected chi connectivity index (χ0v) is 15.6. The van der Waals surface area contributed by atoms with Crippen LogP contribution in [0.1, 0.15) is 62.1 Å². The standard InChI is InChI=1S/C20H25N5O2/c1-13-16(8-5-9-18(13)25(26)27)22-19-12-17(14-10-11-14)23-20(24-19)21-15-6-3-2-4-7-15/h5,8-9,12,14-15H,2-4,6-7,10-11H2,1H3,(H2,21,22,23,24). The third kappa shape index (κ3) is 4.18. The molecule has 2 N–H and O–H groups in total. The minimum absolute atomic E-state index is 0.108. The number of rotatable bonds is 6. The lowest BCUT2D eigenvalue weighted by Gasteiger charge is -2.23. The second kappa shape index (κ2) is 7.50. The minimum atomic E-state index is -0.355. The number of nitrogens with one attached hydrogen (secondary N) is 2. The Morgan fingerprint density at radius 1 is 1.11 bits per heavy atom. The van der Waals surface area contributed by atoms with Gasteiger partial charge in [0, 0.05) is 29.8 Å². The molecule has 0 unspecified atom stereocenters. The van der Waals surface area contributed by atoms with Crippen LogP contribution in [0, 0.1) is 17.0 Å². The van der Waals surface area contributed by atoms with E-state index in [0.717, 1.165) is 31.4 Å². The van der Waals surface area contributed by atoms with Crippen LogP contribution < -0.4 is 10.6 Å². The topological polar surface area (TPSA) is 93.0 Å². The molecule has 142 valence electrons. The molecule has 4 rings (SSSR count). The molecule has 0 atom stereocenters. The molecule has 2 fully saturated rings. The second-order valence-electron chi connectivity index (χ2n) is 7.59. The number of hydrogen-bond donors (Lipinski definition) is 2. The first-order valence-electron chi connectivity index (χ1n) is 9.76. The van der Waals surface area contributed by atoms with E-state index in [0.29, 0.717) is 35.0 Å². The Bertz CT molecular complexity index is 844. The normalized spacial score (nSPS) is 17.5. The highest BCUT2D eigenvalue weighted by Gasteiger charge is 2.27. The lowest BCUT2D eigenvalue weighted by atomic mass is 9.96. The molecule has 7 nitrogen and oxygen atoms in total. The predicted octanol–water partition coefficient (Wildman–Crippen LogP) is 5.06. The van der Waals surface area contributed by atoms with Gasteiger partial charge in [-0.3, -0.25) is 10.1 Å². The molecule has 0 radical (unpaired) electrons. The molecular formula is C20H25N5O2. The maximum Gasteiger partial charge on any atom is 0.274 e. The maximum absolute atomic E-state index is 11.2. The number of anilines is 3. The average molecular weight is 367 g/mol. The summed E-state index contributed by atoms with van der Waals surface area (Å²) in [6.45, 7) is 1.75. The highest BCUT2D eigenvalue weighted by atomic mass is 16.6. The zero-order valence-electron chi connectivity index (χ0n) is 15.6. The number of benzene rings is 1. The van der Waals surface area contributed by atoms with Crippen molar-refractivity contribution in [2.75, 3.05) is 10.6 Å². The zero-order chi connectivity index (χ0) is 18.8. The van der Waals surface area contributed by atoms with Crippen LogP contribution in [0.4, 0.5) is 23.1 Å². The molecule has 0 amide bonds. The summed E-state index contributed by atoms with van der Waals surface area (Å²) in [4.78, 5) is 20.2. The van der Waals surface area contributed by atoms with Gasteiger partial charge in [0.05, 0.1) is 16.2 Å². The van der Waals surface area contributed by atoms with E-state index < -0.39 is 0 Å². The number of nitrogens with zero attached hydrogens (tertiary/aromatic N) is 3. The van der Waals surface area contributed by atoms with Crippen molar-refractivity contribution in [2.24, 2.45) is 0 Å². The van der Waals surface area contributed by atoms with Gasteiger partial charge in [-0.1, -0.05) is 25.3 Å². The maximum atomic E-state index is 11.2. The van der Waals surface area contributed by atoms with E-state index in [9.17, 15) is 10.1 Å². The number of nitro groups is 1. The lowest BCUT2D eigenvalue weighted by Crippen LogP contribution is -2.23. The molecule has 1 aromatic carbocycles. The van der Waals surface area contributed by atoms with Crippen molar-refractivity contribution in [3.8, 4) is 0 Å². The van der Waals surface area contributed by atoms with Gasteiger partial charge in [-0.15, -0.1) is 0 Å². The molecule has 2 aromatic rings. The molecule has 7 heteroatoms. The molecule has 0 aliphatic heterocycles. The minimum Gasteiger partial charge on any atom is -0.351 e. The Morgan fingerprint density at radius 3 is 2.59 bits per heavy atom. The summed E-state index contributed by atoms with van der Waals surface area (Å²) in [5.74, 6) is 1.86. The predicted molar refractivity (Wildman–Crippen MR) is 106 cm³/mol. The third-order valence-electron chi connectivity index (χ3n) is 5.44. The van der Waals surface area contributed by atoms with Crippen LogP contribution in [0.3, 0.4) is 0 Å². The number of hydrogen-bond acceptors (Lipinski definition) is 6. The summed E-state index contributed by atoms with van der Waals surface area (Å²) in [7, 11) is 0. The fourth-order valence-electron chi connectivity index (χ4n) is 3.71. The number of aromatic nitrogens is 2. The summed E-state index contributed by atoms with van der Waals surface area (Å²) in [5.41, 5.74) is 2.47. The van der Waals surface area contributed by atoms with Crippen LogP contribution >= 0.6 is 0 Å². The molecule has 0 spiro atoms. The molecular weight excluding hydrogens is 342 g/mol. The van der Waals surface area contributed by atoms with Gasteiger partial charge in [-0.2, -0.15) is 4.98 Å². The highest BCUT2D eigenvalue weighted by molar-refractivity contribution is 5.66. The first-order valence-corrected chi connectivity index (χ1v) is 9.76. The Morgan fingerprint density at radius 2 is 1.89 bits per heavy atom. The average Bonchev–Trinajstić information content (AvgIpc) is 3.49. The van der Waals surface area contributed by atoms with E-state index >= 15 is 0 Å². The van der Waals surface area contributed by atoms with Gasteiger partial charge in [-0.05, 0) is 38.7 Å². The van der Waals surface area contributed by atoms with Gasteiger partial charge in [0.25, 0.3) is 5.69 Å². The van der Waals surface area contributed by atoms with Gasteiger partial charge in [-0.25, -0.2) is 4.98 Å². The molecule has 0 bridgehead atoms. The summed E-state index contributed by atoms with van der Waals surface area (Å²) in [6.07, 6.45) is 8.44. The molecule has 27 heavy (non-hydrogen) atoms. The fourth-order valence-corrected chi connectivity index (χ4v) is 3.71. The van der Waals surface area contributed by atoms with Crippen molar-refractivity contribution in [3.63, 3.8) is 0 Å². The number of nitro benzene ring substituents is 1. The third-order valence-corrected chi connectivity index (χ3v) is 5.44. The van der Waals surface area contributed by atoms with Crippen LogP contribution in [0.25, 0.3) is 0 Å². The molecule has 1 aromatic heterocycles. The van der Waals surface area contributed by atoms with E-state index in [1.807, 2.05) is 12.1 Å². The monoisotopic (exact) mass is 367 g/mol. The van der Waals surface area contributed by atoms with Gasteiger partial charge < -0.3 is 10.6 Å². The van der Waals surface area contributed by atoms with Gasteiger partial charge in [0.15, 0.2) is 0 Å². The van der Waals surface area contributed by atoms with Crippen molar-refractivity contribution in [2.45, 2.75) is 63.8 Å².